The lowest BCUT2D eigenvalue weighted by atomic mass is 9.95. The van der Waals surface area contributed by atoms with Gasteiger partial charge in [-0.1, -0.05) is 42.8 Å². The van der Waals surface area contributed by atoms with E-state index in [0.29, 0.717) is 11.6 Å². The average Bonchev–Trinajstić information content (AvgIpc) is 3.30. The number of carbonyl (C=O) groups is 1. The minimum atomic E-state index is -3.82. The molecule has 2 aromatic carbocycles. The highest BCUT2D eigenvalue weighted by atomic mass is 32.2. The van der Waals surface area contributed by atoms with Crippen LogP contribution in [-0.4, -0.2) is 26.9 Å². The lowest BCUT2D eigenvalue weighted by molar-refractivity contribution is -0.120. The summed E-state index contributed by atoms with van der Waals surface area (Å²) in [5.74, 6) is 1.03. The molecule has 2 aromatic rings. The van der Waals surface area contributed by atoms with Crippen molar-refractivity contribution in [3.8, 4) is 0 Å². The Hall–Kier alpha value is -2.34. The third-order valence-corrected chi connectivity index (χ3v) is 7.54. The monoisotopic (exact) mass is 384 g/mol. The number of carbonyl (C=O) groups excluding carboxylic acids is 1. The smallest absolute Gasteiger partial charge is 0.264 e. The molecule has 1 N–H and O–H groups in total. The summed E-state index contributed by atoms with van der Waals surface area (Å²) in [6, 6.07) is 17.2. The first-order chi connectivity index (χ1) is 13.0. The Kier molecular flexibility index (Phi) is 4.91. The number of nitrogens with zero attached hydrogens (tertiary/aromatic N) is 1. The van der Waals surface area contributed by atoms with Gasteiger partial charge in [-0.15, -0.1) is 0 Å². The first kappa shape index (κ1) is 18.0. The summed E-state index contributed by atoms with van der Waals surface area (Å²) >= 11 is 0. The fourth-order valence-corrected chi connectivity index (χ4v) is 5.88. The summed E-state index contributed by atoms with van der Waals surface area (Å²) < 4.78 is 27.6. The number of amides is 1. The SMILES string of the molecule is O=C(CN(c1ccccc1)S(=O)(=O)c1ccccc1)N[C@H]1C[C@@H]2CC[C@H]1C2. The second-order valence-corrected chi connectivity index (χ2v) is 9.37. The van der Waals surface area contributed by atoms with Crippen molar-refractivity contribution in [2.24, 2.45) is 11.8 Å². The number of sulfonamides is 1. The van der Waals surface area contributed by atoms with Crippen molar-refractivity contribution in [1.29, 1.82) is 0 Å². The summed E-state index contributed by atoms with van der Waals surface area (Å²) in [4.78, 5) is 12.9. The predicted octanol–water partition coefficient (Wildman–Crippen LogP) is 3.19. The highest BCUT2D eigenvalue weighted by molar-refractivity contribution is 7.92. The van der Waals surface area contributed by atoms with E-state index in [4.69, 9.17) is 0 Å². The van der Waals surface area contributed by atoms with Gasteiger partial charge in [0.25, 0.3) is 10.0 Å². The van der Waals surface area contributed by atoms with E-state index in [0.717, 1.165) is 12.3 Å². The highest BCUT2D eigenvalue weighted by Crippen LogP contribution is 2.44. The predicted molar refractivity (Wildman–Crippen MR) is 105 cm³/mol. The van der Waals surface area contributed by atoms with E-state index in [1.54, 1.807) is 54.6 Å². The number of nitrogens with one attached hydrogen (secondary N) is 1. The summed E-state index contributed by atoms with van der Waals surface area (Å²) in [6.07, 6.45) is 4.64. The van der Waals surface area contributed by atoms with Gasteiger partial charge >= 0.3 is 0 Å². The Bertz CT molecular complexity index is 900. The van der Waals surface area contributed by atoms with Crippen LogP contribution in [0, 0.1) is 11.8 Å². The highest BCUT2D eigenvalue weighted by Gasteiger charge is 2.40. The Labute approximate surface area is 160 Å². The van der Waals surface area contributed by atoms with Crippen molar-refractivity contribution >= 4 is 21.6 Å². The molecule has 6 heteroatoms. The zero-order chi connectivity index (χ0) is 18.9. The van der Waals surface area contributed by atoms with Gasteiger partial charge in [0.15, 0.2) is 0 Å². The second kappa shape index (κ2) is 7.35. The van der Waals surface area contributed by atoms with E-state index in [1.807, 2.05) is 6.07 Å². The van der Waals surface area contributed by atoms with E-state index in [2.05, 4.69) is 5.32 Å². The van der Waals surface area contributed by atoms with Crippen LogP contribution in [0.2, 0.25) is 0 Å². The normalized spacial score (nSPS) is 23.9. The number of hydrogen-bond donors (Lipinski definition) is 1. The third kappa shape index (κ3) is 3.72. The number of para-hydroxylation sites is 1. The van der Waals surface area contributed by atoms with Crippen LogP contribution in [0.5, 0.6) is 0 Å². The van der Waals surface area contributed by atoms with Crippen LogP contribution >= 0.6 is 0 Å². The molecule has 2 aliphatic rings. The molecule has 2 saturated carbocycles. The quantitative estimate of drug-likeness (QED) is 0.832. The molecule has 27 heavy (non-hydrogen) atoms. The number of anilines is 1. The Morgan fingerprint density at radius 1 is 0.963 bits per heavy atom. The number of hydrogen-bond acceptors (Lipinski definition) is 3. The van der Waals surface area contributed by atoms with E-state index >= 15 is 0 Å². The molecule has 0 heterocycles. The van der Waals surface area contributed by atoms with Gasteiger partial charge < -0.3 is 5.32 Å². The van der Waals surface area contributed by atoms with Gasteiger partial charge in [0.05, 0.1) is 10.6 Å². The van der Waals surface area contributed by atoms with Crippen LogP contribution in [0.3, 0.4) is 0 Å². The van der Waals surface area contributed by atoms with Gasteiger partial charge in [0, 0.05) is 6.04 Å². The summed E-state index contributed by atoms with van der Waals surface area (Å²) in [7, 11) is -3.82. The zero-order valence-corrected chi connectivity index (χ0v) is 15.9. The molecule has 2 bridgehead atoms. The fourth-order valence-electron chi connectivity index (χ4n) is 4.43. The molecular formula is C21H24N2O3S. The van der Waals surface area contributed by atoms with Crippen molar-refractivity contribution in [3.63, 3.8) is 0 Å². The van der Waals surface area contributed by atoms with E-state index < -0.39 is 10.0 Å². The zero-order valence-electron chi connectivity index (χ0n) is 15.1. The number of rotatable bonds is 6. The van der Waals surface area contributed by atoms with Crippen molar-refractivity contribution in [2.75, 3.05) is 10.8 Å². The van der Waals surface area contributed by atoms with Gasteiger partial charge in [0.1, 0.15) is 6.54 Å². The molecule has 0 saturated heterocycles. The minimum absolute atomic E-state index is 0.182. The molecule has 2 fully saturated rings. The molecule has 4 rings (SSSR count). The van der Waals surface area contributed by atoms with E-state index in [9.17, 15) is 13.2 Å². The molecule has 3 atom stereocenters. The molecule has 0 aromatic heterocycles. The maximum atomic E-state index is 13.2. The van der Waals surface area contributed by atoms with Crippen LogP contribution in [-0.2, 0) is 14.8 Å². The van der Waals surface area contributed by atoms with Gasteiger partial charge in [-0.05, 0) is 55.4 Å². The summed E-state index contributed by atoms with van der Waals surface area (Å²) in [5.41, 5.74) is 0.490. The van der Waals surface area contributed by atoms with Crippen LogP contribution in [0.1, 0.15) is 25.7 Å². The molecule has 2 aliphatic carbocycles. The Morgan fingerprint density at radius 2 is 1.63 bits per heavy atom. The molecule has 0 aliphatic heterocycles. The van der Waals surface area contributed by atoms with Crippen LogP contribution in [0.25, 0.3) is 0 Å². The van der Waals surface area contributed by atoms with Gasteiger partial charge in [0.2, 0.25) is 5.91 Å². The van der Waals surface area contributed by atoms with Crippen molar-refractivity contribution < 1.29 is 13.2 Å². The maximum Gasteiger partial charge on any atom is 0.264 e. The van der Waals surface area contributed by atoms with Crippen molar-refractivity contribution in [3.05, 3.63) is 60.7 Å². The third-order valence-electron chi connectivity index (χ3n) is 5.75. The van der Waals surface area contributed by atoms with Gasteiger partial charge in [-0.2, -0.15) is 0 Å². The molecular weight excluding hydrogens is 360 g/mol. The van der Waals surface area contributed by atoms with Crippen molar-refractivity contribution in [2.45, 2.75) is 36.6 Å². The lowest BCUT2D eigenvalue weighted by Gasteiger charge is -2.27. The molecule has 0 spiro atoms. The van der Waals surface area contributed by atoms with Gasteiger partial charge in [-0.3, -0.25) is 9.10 Å². The molecule has 1 amide bonds. The topological polar surface area (TPSA) is 66.5 Å². The Balaban J connectivity index is 1.56. The number of fused-ring (bicyclic) bond motifs is 2. The average molecular weight is 385 g/mol. The van der Waals surface area contributed by atoms with E-state index in [-0.39, 0.29) is 23.4 Å². The van der Waals surface area contributed by atoms with Crippen LogP contribution in [0.15, 0.2) is 65.6 Å². The summed E-state index contributed by atoms with van der Waals surface area (Å²) in [6.45, 7) is -0.213. The first-order valence-corrected chi connectivity index (χ1v) is 10.9. The first-order valence-electron chi connectivity index (χ1n) is 9.46. The summed E-state index contributed by atoms with van der Waals surface area (Å²) in [5, 5.41) is 3.09. The fraction of sp³-hybridized carbons (Fsp3) is 0.381. The molecule has 0 radical (unpaired) electrons. The van der Waals surface area contributed by atoms with E-state index in [1.165, 1.54) is 23.6 Å². The number of benzene rings is 2. The standard InChI is InChI=1S/C21H24N2O3S/c24-21(22-20-14-16-11-12-17(20)13-16)15-23(18-7-3-1-4-8-18)27(25,26)19-9-5-2-6-10-19/h1-10,16-17,20H,11-15H2,(H,22,24)/t16-,17+,20+/m1/s1. The molecule has 142 valence electrons. The second-order valence-electron chi connectivity index (χ2n) is 7.51. The maximum absolute atomic E-state index is 13.2. The van der Waals surface area contributed by atoms with Crippen molar-refractivity contribution in [1.82, 2.24) is 5.32 Å². The largest absolute Gasteiger partial charge is 0.352 e. The molecule has 0 unspecified atom stereocenters. The minimum Gasteiger partial charge on any atom is -0.352 e. The molecule has 5 nitrogen and oxygen atoms in total. The Morgan fingerprint density at radius 3 is 2.22 bits per heavy atom. The van der Waals surface area contributed by atoms with Crippen LogP contribution < -0.4 is 9.62 Å². The van der Waals surface area contributed by atoms with Gasteiger partial charge in [-0.25, -0.2) is 8.42 Å². The van der Waals surface area contributed by atoms with Crippen LogP contribution in [0.4, 0.5) is 5.69 Å². The lowest BCUT2D eigenvalue weighted by Crippen LogP contribution is -2.45.